The lowest BCUT2D eigenvalue weighted by Gasteiger charge is -2.59. The average molecular weight is 243 g/mol. The minimum Gasteiger partial charge on any atom is -0.381 e. The predicted molar refractivity (Wildman–Crippen MR) is 70.8 cm³/mol. The summed E-state index contributed by atoms with van der Waals surface area (Å²) in [6.07, 6.45) is 5.11. The van der Waals surface area contributed by atoms with Gasteiger partial charge in [0.25, 0.3) is 0 Å². The van der Waals surface area contributed by atoms with Crippen molar-refractivity contribution < 1.29 is 4.74 Å². The van der Waals surface area contributed by atoms with Gasteiger partial charge in [0.15, 0.2) is 0 Å². The van der Waals surface area contributed by atoms with Gasteiger partial charge in [0.2, 0.25) is 0 Å². The topological polar surface area (TPSA) is 35.2 Å². The van der Waals surface area contributed by atoms with Crippen molar-refractivity contribution in [1.29, 1.82) is 0 Å². The van der Waals surface area contributed by atoms with E-state index in [0.29, 0.717) is 14.9 Å². The quantitative estimate of drug-likeness (QED) is 0.810. The van der Waals surface area contributed by atoms with Crippen molar-refractivity contribution in [3.05, 3.63) is 0 Å². The van der Waals surface area contributed by atoms with Gasteiger partial charge in [-0.2, -0.15) is 0 Å². The first-order chi connectivity index (χ1) is 7.39. The molecule has 1 spiro atoms. The molecule has 1 saturated carbocycles. The highest BCUT2D eigenvalue weighted by Crippen LogP contribution is 2.61. The summed E-state index contributed by atoms with van der Waals surface area (Å²) in [5.41, 5.74) is 6.59. The van der Waals surface area contributed by atoms with Crippen LogP contribution in [0.2, 0.25) is 0 Å². The maximum atomic E-state index is 6.01. The molecule has 1 aliphatic carbocycles. The van der Waals surface area contributed by atoms with Crippen LogP contribution in [0.5, 0.6) is 0 Å². The molecule has 2 fully saturated rings. The summed E-state index contributed by atoms with van der Waals surface area (Å²) in [7, 11) is 0. The molecule has 0 aromatic rings. The van der Waals surface area contributed by atoms with E-state index in [1.165, 1.54) is 25.7 Å². The predicted octanol–water partition coefficient (Wildman–Crippen LogP) is 2.81. The molecule has 0 radical (unpaired) electrons. The van der Waals surface area contributed by atoms with Crippen LogP contribution >= 0.6 is 11.8 Å². The first-order valence-electron chi connectivity index (χ1n) is 6.37. The highest BCUT2D eigenvalue weighted by Gasteiger charge is 2.55. The molecule has 0 atom stereocenters. The Balaban J connectivity index is 1.96. The molecule has 3 heteroatoms. The lowest BCUT2D eigenvalue weighted by Crippen LogP contribution is -2.57. The van der Waals surface area contributed by atoms with Crippen molar-refractivity contribution in [2.24, 2.45) is 11.1 Å². The minimum absolute atomic E-state index is 0.326. The lowest BCUT2D eigenvalue weighted by atomic mass is 9.57. The molecule has 0 unspecified atom stereocenters. The van der Waals surface area contributed by atoms with Gasteiger partial charge in [-0.1, -0.05) is 20.8 Å². The summed E-state index contributed by atoms with van der Waals surface area (Å²) in [5.74, 6) is 0. The van der Waals surface area contributed by atoms with E-state index in [1.54, 1.807) is 0 Å². The molecule has 94 valence electrons. The summed E-state index contributed by atoms with van der Waals surface area (Å²) in [6, 6.07) is 0. The zero-order chi connectivity index (χ0) is 11.9. The Morgan fingerprint density at radius 1 is 1.19 bits per heavy atom. The number of hydrogen-bond acceptors (Lipinski definition) is 3. The number of hydrogen-bond donors (Lipinski definition) is 1. The van der Waals surface area contributed by atoms with E-state index >= 15 is 0 Å². The van der Waals surface area contributed by atoms with E-state index in [-0.39, 0.29) is 0 Å². The third-order valence-corrected chi connectivity index (χ3v) is 5.34. The van der Waals surface area contributed by atoms with Crippen LogP contribution in [0.4, 0.5) is 0 Å². The molecule has 1 saturated heterocycles. The molecular weight excluding hydrogens is 218 g/mol. The monoisotopic (exact) mass is 243 g/mol. The molecule has 0 aromatic carbocycles. The average Bonchev–Trinajstić information content (AvgIpc) is 2.14. The van der Waals surface area contributed by atoms with E-state index < -0.39 is 0 Å². The molecule has 0 bridgehead atoms. The lowest BCUT2D eigenvalue weighted by molar-refractivity contribution is -0.0453. The molecule has 16 heavy (non-hydrogen) atoms. The first-order valence-corrected chi connectivity index (χ1v) is 7.19. The van der Waals surface area contributed by atoms with Crippen LogP contribution in [0.3, 0.4) is 0 Å². The Morgan fingerprint density at radius 2 is 1.75 bits per heavy atom. The third-order valence-electron chi connectivity index (χ3n) is 3.84. The van der Waals surface area contributed by atoms with Gasteiger partial charge in [-0.05, 0) is 31.1 Å². The van der Waals surface area contributed by atoms with E-state index in [9.17, 15) is 0 Å². The fourth-order valence-corrected chi connectivity index (χ4v) is 5.52. The fraction of sp³-hybridized carbons (Fsp3) is 1.00. The fourth-order valence-electron chi connectivity index (χ4n) is 3.38. The number of ether oxygens (including phenoxy) is 1. The minimum atomic E-state index is 0.326. The van der Waals surface area contributed by atoms with Gasteiger partial charge in [-0.3, -0.25) is 0 Å². The van der Waals surface area contributed by atoms with Crippen LogP contribution in [-0.2, 0) is 4.74 Å². The summed E-state index contributed by atoms with van der Waals surface area (Å²) in [4.78, 5) is 0. The standard InChI is InChI=1S/C13H25NOS/c1-11(2,3)16-13(10-14)8-12(9-13)4-6-15-7-5-12/h4-10,14H2,1-3H3. The number of nitrogens with two attached hydrogens (primary N) is 1. The molecule has 2 aliphatic rings. The summed E-state index contributed by atoms with van der Waals surface area (Å²) >= 11 is 2.09. The van der Waals surface area contributed by atoms with Crippen LogP contribution in [0, 0.1) is 5.41 Å². The molecular formula is C13H25NOS. The van der Waals surface area contributed by atoms with Gasteiger partial charge in [0.1, 0.15) is 0 Å². The number of thioether (sulfide) groups is 1. The maximum absolute atomic E-state index is 6.01. The molecule has 1 aliphatic heterocycles. The van der Waals surface area contributed by atoms with Crippen LogP contribution in [0.15, 0.2) is 0 Å². The normalized spacial score (nSPS) is 27.8. The van der Waals surface area contributed by atoms with Crippen molar-refractivity contribution >= 4 is 11.8 Å². The zero-order valence-corrected chi connectivity index (χ0v) is 11.7. The van der Waals surface area contributed by atoms with Crippen LogP contribution < -0.4 is 5.73 Å². The van der Waals surface area contributed by atoms with E-state index in [2.05, 4.69) is 32.5 Å². The largest absolute Gasteiger partial charge is 0.381 e. The second-order valence-corrected chi connectivity index (χ2v) is 8.86. The van der Waals surface area contributed by atoms with Gasteiger partial charge in [-0.15, -0.1) is 11.8 Å². The van der Waals surface area contributed by atoms with E-state index in [0.717, 1.165) is 19.8 Å². The van der Waals surface area contributed by atoms with Gasteiger partial charge in [0, 0.05) is 29.3 Å². The van der Waals surface area contributed by atoms with Gasteiger partial charge < -0.3 is 10.5 Å². The SMILES string of the molecule is CC(C)(C)SC1(CN)CC2(CCOCC2)C1. The molecule has 2 N–H and O–H groups in total. The molecule has 2 nitrogen and oxygen atoms in total. The van der Waals surface area contributed by atoms with Crippen LogP contribution in [0.1, 0.15) is 46.5 Å². The maximum Gasteiger partial charge on any atom is 0.0471 e. The number of rotatable bonds is 2. The zero-order valence-electron chi connectivity index (χ0n) is 10.8. The van der Waals surface area contributed by atoms with Crippen molar-refractivity contribution in [1.82, 2.24) is 0 Å². The van der Waals surface area contributed by atoms with Crippen molar-refractivity contribution in [3.8, 4) is 0 Å². The Bertz CT molecular complexity index is 245. The van der Waals surface area contributed by atoms with E-state index in [1.807, 2.05) is 0 Å². The summed E-state index contributed by atoms with van der Waals surface area (Å²) < 4.78 is 6.15. The van der Waals surface area contributed by atoms with Crippen molar-refractivity contribution in [2.45, 2.75) is 55.9 Å². The molecule has 0 aromatic heterocycles. The molecule has 2 rings (SSSR count). The van der Waals surface area contributed by atoms with Gasteiger partial charge >= 0.3 is 0 Å². The summed E-state index contributed by atoms with van der Waals surface area (Å²) in [5, 5.41) is 0. The molecule has 1 heterocycles. The highest BCUT2D eigenvalue weighted by atomic mass is 32.2. The first kappa shape index (κ1) is 12.7. The Morgan fingerprint density at radius 3 is 2.19 bits per heavy atom. The Kier molecular flexibility index (Phi) is 3.32. The third kappa shape index (κ3) is 2.57. The smallest absolute Gasteiger partial charge is 0.0471 e. The second-order valence-electron chi connectivity index (χ2n) is 6.57. The Labute approximate surface area is 104 Å². The van der Waals surface area contributed by atoms with Crippen molar-refractivity contribution in [3.63, 3.8) is 0 Å². The second kappa shape index (κ2) is 4.18. The summed E-state index contributed by atoms with van der Waals surface area (Å²) in [6.45, 7) is 9.64. The van der Waals surface area contributed by atoms with Crippen molar-refractivity contribution in [2.75, 3.05) is 19.8 Å². The highest BCUT2D eigenvalue weighted by molar-refractivity contribution is 8.02. The van der Waals surface area contributed by atoms with Crippen LogP contribution in [0.25, 0.3) is 0 Å². The Hall–Kier alpha value is 0.270. The van der Waals surface area contributed by atoms with Gasteiger partial charge in [0.05, 0.1) is 0 Å². The molecule has 0 amide bonds. The van der Waals surface area contributed by atoms with E-state index in [4.69, 9.17) is 10.5 Å². The van der Waals surface area contributed by atoms with Crippen LogP contribution in [-0.4, -0.2) is 29.3 Å². The van der Waals surface area contributed by atoms with Gasteiger partial charge in [-0.25, -0.2) is 0 Å².